The van der Waals surface area contributed by atoms with Gasteiger partial charge in [0, 0.05) is 11.4 Å². The Morgan fingerprint density at radius 3 is 2.58 bits per heavy atom. The van der Waals surface area contributed by atoms with Crippen LogP contribution in [0.1, 0.15) is 34.3 Å². The summed E-state index contributed by atoms with van der Waals surface area (Å²) in [7, 11) is 0. The summed E-state index contributed by atoms with van der Waals surface area (Å²) in [5.74, 6) is -1.53. The lowest BCUT2D eigenvalue weighted by molar-refractivity contribution is -0.147. The molecule has 2 aromatic rings. The highest BCUT2D eigenvalue weighted by Gasteiger charge is 2.46. The third kappa shape index (κ3) is 2.71. The maximum Gasteiger partial charge on any atom is 0.329 e. The van der Waals surface area contributed by atoms with Crippen LogP contribution >= 0.6 is 11.3 Å². The molecule has 1 atom stereocenters. The summed E-state index contributed by atoms with van der Waals surface area (Å²) >= 11 is 1.34. The molecule has 1 saturated heterocycles. The van der Waals surface area contributed by atoms with Crippen molar-refractivity contribution in [2.75, 3.05) is 6.54 Å². The van der Waals surface area contributed by atoms with Crippen LogP contribution in [0.3, 0.4) is 0 Å². The first-order chi connectivity index (χ1) is 11.3. The van der Waals surface area contributed by atoms with Gasteiger partial charge in [0.15, 0.2) is 0 Å². The summed E-state index contributed by atoms with van der Waals surface area (Å²) in [6, 6.07) is 7.90. The summed E-state index contributed by atoms with van der Waals surface area (Å²) < 4.78 is 13.1. The molecule has 1 amide bonds. The first-order valence-electron chi connectivity index (χ1n) is 7.74. The van der Waals surface area contributed by atoms with E-state index in [1.54, 1.807) is 25.1 Å². The number of aryl methyl sites for hydroxylation is 1. The average Bonchev–Trinajstić information content (AvgIpc) is 3.12. The van der Waals surface area contributed by atoms with Gasteiger partial charge >= 0.3 is 5.97 Å². The minimum absolute atomic E-state index is 0.251. The second kappa shape index (κ2) is 6.02. The number of hydrogen-bond donors (Lipinski definition) is 1. The number of carboxylic acids is 1. The van der Waals surface area contributed by atoms with Gasteiger partial charge in [-0.1, -0.05) is 12.1 Å². The molecule has 3 rings (SSSR count). The Balaban J connectivity index is 1.93. The quantitative estimate of drug-likeness (QED) is 0.915. The molecule has 1 fully saturated rings. The number of nitrogens with zero attached hydrogens (tertiary/aromatic N) is 1. The van der Waals surface area contributed by atoms with Crippen LogP contribution in [0.5, 0.6) is 0 Å². The van der Waals surface area contributed by atoms with Crippen LogP contribution in [0.4, 0.5) is 4.39 Å². The number of thiophene rings is 1. The number of amides is 1. The number of carbonyl (C=O) groups excluding carboxylic acids is 1. The number of halogens is 1. The van der Waals surface area contributed by atoms with Crippen LogP contribution in [0.25, 0.3) is 11.1 Å². The van der Waals surface area contributed by atoms with Gasteiger partial charge in [0.1, 0.15) is 11.4 Å². The summed E-state index contributed by atoms with van der Waals surface area (Å²) in [6.07, 6.45) is 1.15. The Hall–Kier alpha value is -2.21. The zero-order valence-electron chi connectivity index (χ0n) is 13.5. The predicted octanol–water partition coefficient (Wildman–Crippen LogP) is 3.94. The number of likely N-dealkylation sites (tertiary alicyclic amines) is 1. The van der Waals surface area contributed by atoms with Gasteiger partial charge in [0.05, 0.1) is 4.88 Å². The third-order valence-corrected chi connectivity index (χ3v) is 5.67. The molecule has 1 aliphatic heterocycles. The molecule has 1 unspecified atom stereocenters. The van der Waals surface area contributed by atoms with Gasteiger partial charge in [0.2, 0.25) is 0 Å². The highest BCUT2D eigenvalue weighted by atomic mass is 32.1. The summed E-state index contributed by atoms with van der Waals surface area (Å²) in [5.41, 5.74) is 0.566. The molecule has 1 aromatic heterocycles. The van der Waals surface area contributed by atoms with Gasteiger partial charge < -0.3 is 10.0 Å². The van der Waals surface area contributed by atoms with Crippen molar-refractivity contribution in [1.82, 2.24) is 4.90 Å². The van der Waals surface area contributed by atoms with Crippen molar-refractivity contribution in [3.05, 3.63) is 45.9 Å². The Bertz CT molecular complexity index is 799. The Kier molecular flexibility index (Phi) is 4.17. The van der Waals surface area contributed by atoms with Crippen molar-refractivity contribution in [1.29, 1.82) is 0 Å². The second-order valence-corrected chi connectivity index (χ2v) is 7.48. The van der Waals surface area contributed by atoms with E-state index in [2.05, 4.69) is 0 Å². The topological polar surface area (TPSA) is 57.6 Å². The van der Waals surface area contributed by atoms with Crippen molar-refractivity contribution >= 4 is 23.2 Å². The highest BCUT2D eigenvalue weighted by Crippen LogP contribution is 2.35. The summed E-state index contributed by atoms with van der Waals surface area (Å²) in [6.45, 7) is 3.95. The number of hydrogen-bond acceptors (Lipinski definition) is 3. The fourth-order valence-corrected chi connectivity index (χ4v) is 4.14. The molecule has 1 aliphatic rings. The van der Waals surface area contributed by atoms with E-state index in [-0.39, 0.29) is 11.7 Å². The molecule has 0 radical (unpaired) electrons. The van der Waals surface area contributed by atoms with Crippen LogP contribution in [0, 0.1) is 12.7 Å². The van der Waals surface area contributed by atoms with E-state index < -0.39 is 11.5 Å². The van der Waals surface area contributed by atoms with Gasteiger partial charge in [-0.25, -0.2) is 9.18 Å². The minimum Gasteiger partial charge on any atom is -0.480 e. The van der Waals surface area contributed by atoms with E-state index >= 15 is 0 Å². The molecule has 0 spiro atoms. The molecule has 4 nitrogen and oxygen atoms in total. The smallest absolute Gasteiger partial charge is 0.329 e. The molecule has 0 aliphatic carbocycles. The van der Waals surface area contributed by atoms with Crippen LogP contribution in [-0.2, 0) is 4.79 Å². The first-order valence-corrected chi connectivity index (χ1v) is 8.56. The third-order valence-electron chi connectivity index (χ3n) is 4.63. The maximum atomic E-state index is 13.1. The number of rotatable bonds is 3. The molecular weight excluding hydrogens is 329 g/mol. The van der Waals surface area contributed by atoms with Crippen molar-refractivity contribution in [3.63, 3.8) is 0 Å². The van der Waals surface area contributed by atoms with E-state index in [0.717, 1.165) is 16.0 Å². The maximum absolute atomic E-state index is 13.1. The molecule has 0 saturated carbocycles. The van der Waals surface area contributed by atoms with E-state index in [1.165, 1.54) is 28.4 Å². The lowest BCUT2D eigenvalue weighted by Gasteiger charge is -2.30. The number of carboxylic acid groups (broad SMARTS) is 1. The summed E-state index contributed by atoms with van der Waals surface area (Å²) in [4.78, 5) is 27.3. The lowest BCUT2D eigenvalue weighted by Crippen LogP contribution is -2.50. The predicted molar refractivity (Wildman–Crippen MR) is 90.8 cm³/mol. The Labute approximate surface area is 143 Å². The number of aliphatic carboxylic acids is 1. The number of carbonyl (C=O) groups is 2. The normalized spacial score (nSPS) is 20.4. The molecule has 1 aromatic carbocycles. The molecule has 1 N–H and O–H groups in total. The SMILES string of the molecule is Cc1sc(C(=O)N2CCCC2(C)C(=O)O)cc1-c1ccc(F)cc1. The van der Waals surface area contributed by atoms with E-state index in [9.17, 15) is 19.1 Å². The molecule has 0 bridgehead atoms. The standard InChI is InChI=1S/C18H18FNO3S/c1-11-14(12-4-6-13(19)7-5-12)10-15(24-11)16(21)20-9-3-8-18(20,2)17(22)23/h4-7,10H,3,8-9H2,1-2H3,(H,22,23). The number of benzene rings is 1. The van der Waals surface area contributed by atoms with Crippen molar-refractivity contribution in [2.24, 2.45) is 0 Å². The highest BCUT2D eigenvalue weighted by molar-refractivity contribution is 7.14. The van der Waals surface area contributed by atoms with Gasteiger partial charge in [-0.15, -0.1) is 11.3 Å². The molecule has 2 heterocycles. The van der Waals surface area contributed by atoms with Gasteiger partial charge in [-0.05, 0) is 56.0 Å². The van der Waals surface area contributed by atoms with E-state index in [1.807, 2.05) is 6.92 Å². The fraction of sp³-hybridized carbons (Fsp3) is 0.333. The largest absolute Gasteiger partial charge is 0.480 e. The molecule has 126 valence electrons. The van der Waals surface area contributed by atoms with Crippen molar-refractivity contribution in [2.45, 2.75) is 32.2 Å². The van der Waals surface area contributed by atoms with Gasteiger partial charge in [-0.3, -0.25) is 4.79 Å². The first kappa shape index (κ1) is 16.6. The van der Waals surface area contributed by atoms with Crippen molar-refractivity contribution < 1.29 is 19.1 Å². The van der Waals surface area contributed by atoms with Crippen LogP contribution in [0.15, 0.2) is 30.3 Å². The zero-order valence-corrected chi connectivity index (χ0v) is 14.3. The van der Waals surface area contributed by atoms with E-state index in [0.29, 0.717) is 24.3 Å². The Morgan fingerprint density at radius 2 is 1.96 bits per heavy atom. The van der Waals surface area contributed by atoms with Crippen LogP contribution in [-0.4, -0.2) is 34.0 Å². The van der Waals surface area contributed by atoms with E-state index in [4.69, 9.17) is 0 Å². The van der Waals surface area contributed by atoms with Crippen molar-refractivity contribution in [3.8, 4) is 11.1 Å². The average molecular weight is 347 g/mol. The Morgan fingerprint density at radius 1 is 1.29 bits per heavy atom. The zero-order chi connectivity index (χ0) is 17.5. The van der Waals surface area contributed by atoms with Gasteiger partial charge in [0.25, 0.3) is 5.91 Å². The molecular formula is C18H18FNO3S. The van der Waals surface area contributed by atoms with Crippen LogP contribution in [0.2, 0.25) is 0 Å². The molecule has 24 heavy (non-hydrogen) atoms. The molecule has 6 heteroatoms. The summed E-state index contributed by atoms with van der Waals surface area (Å²) in [5, 5.41) is 9.48. The van der Waals surface area contributed by atoms with Gasteiger partial charge in [-0.2, -0.15) is 0 Å². The van der Waals surface area contributed by atoms with Crippen LogP contribution < -0.4 is 0 Å². The minimum atomic E-state index is -1.15. The monoisotopic (exact) mass is 347 g/mol. The fourth-order valence-electron chi connectivity index (χ4n) is 3.15. The second-order valence-electron chi connectivity index (χ2n) is 6.23. The lowest BCUT2D eigenvalue weighted by atomic mass is 9.99.